The Morgan fingerprint density at radius 2 is 1.78 bits per heavy atom. The smallest absolute Gasteiger partial charge is 0.344 e. The van der Waals surface area contributed by atoms with Gasteiger partial charge < -0.3 is 22.1 Å². The van der Waals surface area contributed by atoms with E-state index in [4.69, 9.17) is 9.79 Å². The van der Waals surface area contributed by atoms with E-state index in [-0.39, 0.29) is 18.9 Å². The zero-order chi connectivity index (χ0) is 5.91. The van der Waals surface area contributed by atoms with Crippen molar-refractivity contribution in [2.45, 2.75) is 6.92 Å². The lowest BCUT2D eigenvalue weighted by molar-refractivity contribution is 0.206. The summed E-state index contributed by atoms with van der Waals surface area (Å²) in [7, 11) is -4.17. The third-order valence-electron chi connectivity index (χ3n) is 0.297. The average Bonchev–Trinajstić information content (AvgIpc) is 1.30. The molecule has 0 aliphatic rings. The van der Waals surface area contributed by atoms with E-state index in [1.807, 2.05) is 0 Å². The van der Waals surface area contributed by atoms with Gasteiger partial charge in [-0.15, -0.1) is 0 Å². The van der Waals surface area contributed by atoms with Crippen molar-refractivity contribution < 1.29 is 18.9 Å². The van der Waals surface area contributed by atoms with Crippen molar-refractivity contribution in [2.24, 2.45) is 0 Å². The Kier molecular flexibility index (Phi) is 11.0. The van der Waals surface area contributed by atoms with Crippen LogP contribution in [0.3, 0.4) is 0 Å². The summed E-state index contributed by atoms with van der Waals surface area (Å²) in [6.45, 7) is 1.56. The highest BCUT2D eigenvalue weighted by molar-refractivity contribution is 7.46. The minimum absolute atomic E-state index is 0. The molecule has 60 valence electrons. The van der Waals surface area contributed by atoms with Crippen LogP contribution in [0.15, 0.2) is 0 Å². The van der Waals surface area contributed by atoms with Crippen molar-refractivity contribution in [3.8, 4) is 0 Å². The van der Waals surface area contributed by atoms with E-state index >= 15 is 0 Å². The Labute approximate surface area is 53.6 Å². The van der Waals surface area contributed by atoms with Gasteiger partial charge in [0.05, 0.1) is 6.61 Å². The summed E-state index contributed by atoms with van der Waals surface area (Å²) in [5, 5.41) is 0. The molecule has 7 heteroatoms. The molecule has 0 heterocycles. The monoisotopic (exact) mass is 160 g/mol. The molecule has 0 fully saturated rings. The number of phosphoric acid groups is 1. The standard InChI is InChI=1S/C2H7O4P.2H3N/c1-2-6-7(3,4)5;;/h2H2,1H3,(H2,3,4,5);2*1H3. The zero-order valence-electron chi connectivity index (χ0n) is 5.28. The van der Waals surface area contributed by atoms with Crippen molar-refractivity contribution in [1.82, 2.24) is 12.3 Å². The lowest BCUT2D eigenvalue weighted by atomic mass is 10.9. The molecule has 0 atom stereocenters. The van der Waals surface area contributed by atoms with Crippen molar-refractivity contribution in [2.75, 3.05) is 6.61 Å². The summed E-state index contributed by atoms with van der Waals surface area (Å²) in [4.78, 5) is 15.8. The molecule has 0 spiro atoms. The Balaban J connectivity index is -0.000000180. The van der Waals surface area contributed by atoms with Crippen molar-refractivity contribution in [3.05, 3.63) is 0 Å². The molecule has 0 aromatic rings. The molecule has 0 amide bonds. The Morgan fingerprint density at radius 3 is 1.78 bits per heavy atom. The third kappa shape index (κ3) is 18.0. The molecule has 0 bridgehead atoms. The molecule has 0 rings (SSSR count). The quantitative estimate of drug-likeness (QED) is 0.432. The van der Waals surface area contributed by atoms with Crippen LogP contribution in [0.2, 0.25) is 0 Å². The SMILES string of the molecule is CCOP(=O)(O)O.N.N. The highest BCUT2D eigenvalue weighted by Crippen LogP contribution is 2.34. The van der Waals surface area contributed by atoms with Crippen LogP contribution in [-0.4, -0.2) is 16.4 Å². The Morgan fingerprint density at radius 1 is 1.44 bits per heavy atom. The van der Waals surface area contributed by atoms with Crippen LogP contribution in [0.1, 0.15) is 6.92 Å². The molecule has 0 radical (unpaired) electrons. The molecule has 8 N–H and O–H groups in total. The number of rotatable bonds is 2. The minimum Gasteiger partial charge on any atom is -0.344 e. The lowest BCUT2D eigenvalue weighted by Gasteiger charge is -1.98. The van der Waals surface area contributed by atoms with E-state index in [0.29, 0.717) is 0 Å². The molecule has 0 unspecified atom stereocenters. The summed E-state index contributed by atoms with van der Waals surface area (Å²) in [5.41, 5.74) is 0. The third-order valence-corrected chi connectivity index (χ3v) is 0.892. The van der Waals surface area contributed by atoms with Crippen molar-refractivity contribution in [1.29, 1.82) is 0 Å². The van der Waals surface area contributed by atoms with Crippen LogP contribution >= 0.6 is 7.82 Å². The van der Waals surface area contributed by atoms with Crippen LogP contribution in [0, 0.1) is 0 Å². The van der Waals surface area contributed by atoms with E-state index in [1.54, 1.807) is 0 Å². The maximum absolute atomic E-state index is 9.70. The topological polar surface area (TPSA) is 137 Å². The summed E-state index contributed by atoms with van der Waals surface area (Å²) >= 11 is 0. The van der Waals surface area contributed by atoms with E-state index in [1.165, 1.54) is 6.92 Å². The second-order valence-corrected chi connectivity index (χ2v) is 2.15. The van der Waals surface area contributed by atoms with E-state index in [0.717, 1.165) is 0 Å². The summed E-state index contributed by atoms with van der Waals surface area (Å²) < 4.78 is 13.6. The summed E-state index contributed by atoms with van der Waals surface area (Å²) in [6, 6.07) is 0. The fraction of sp³-hybridized carbons (Fsp3) is 1.00. The van der Waals surface area contributed by atoms with Gasteiger partial charge in [-0.3, -0.25) is 4.52 Å². The van der Waals surface area contributed by atoms with Crippen molar-refractivity contribution in [3.63, 3.8) is 0 Å². The Bertz CT molecular complexity index is 90.6. The van der Waals surface area contributed by atoms with Crippen LogP contribution in [0.5, 0.6) is 0 Å². The van der Waals surface area contributed by atoms with Gasteiger partial charge in [0.1, 0.15) is 0 Å². The van der Waals surface area contributed by atoms with Crippen LogP contribution in [0.4, 0.5) is 0 Å². The van der Waals surface area contributed by atoms with Crippen LogP contribution in [0.25, 0.3) is 0 Å². The normalized spacial score (nSPS) is 9.22. The molecule has 0 aromatic heterocycles. The molecule has 0 aliphatic carbocycles. The molecule has 0 saturated carbocycles. The van der Waals surface area contributed by atoms with Gasteiger partial charge in [-0.2, -0.15) is 0 Å². The van der Waals surface area contributed by atoms with Crippen LogP contribution in [-0.2, 0) is 9.09 Å². The predicted molar refractivity (Wildman–Crippen MR) is 33.7 cm³/mol. The number of phosphoric ester groups is 1. The highest BCUT2D eigenvalue weighted by atomic mass is 31.2. The highest BCUT2D eigenvalue weighted by Gasteiger charge is 2.10. The second-order valence-electron chi connectivity index (χ2n) is 0.908. The molecule has 0 saturated heterocycles. The first-order chi connectivity index (χ1) is 3.06. The van der Waals surface area contributed by atoms with Gasteiger partial charge >= 0.3 is 7.82 Å². The van der Waals surface area contributed by atoms with Gasteiger partial charge in [0.25, 0.3) is 0 Å². The fourth-order valence-electron chi connectivity index (χ4n) is 0.168. The van der Waals surface area contributed by atoms with Gasteiger partial charge in [0.2, 0.25) is 0 Å². The first-order valence-corrected chi connectivity index (χ1v) is 3.29. The predicted octanol–water partition coefficient (Wildman–Crippen LogP) is 0.440. The van der Waals surface area contributed by atoms with Gasteiger partial charge in [0.15, 0.2) is 0 Å². The minimum atomic E-state index is -4.17. The molecular weight excluding hydrogens is 147 g/mol. The fourth-order valence-corrected chi connectivity index (χ4v) is 0.505. The molecule has 0 aliphatic heterocycles. The molecule has 6 nitrogen and oxygen atoms in total. The number of hydrogen-bond donors (Lipinski definition) is 4. The average molecular weight is 160 g/mol. The maximum atomic E-state index is 9.70. The second kappa shape index (κ2) is 6.15. The first-order valence-electron chi connectivity index (χ1n) is 1.76. The van der Waals surface area contributed by atoms with Gasteiger partial charge in [0, 0.05) is 0 Å². The summed E-state index contributed by atoms with van der Waals surface area (Å²) in [6.07, 6.45) is 0. The first kappa shape index (κ1) is 16.0. The summed E-state index contributed by atoms with van der Waals surface area (Å²) in [5.74, 6) is 0. The van der Waals surface area contributed by atoms with Gasteiger partial charge in [-0.25, -0.2) is 4.57 Å². The molecule has 0 aromatic carbocycles. The molecular formula is C2H13N2O4P. The lowest BCUT2D eigenvalue weighted by Crippen LogP contribution is -1.84. The van der Waals surface area contributed by atoms with E-state index in [9.17, 15) is 4.57 Å². The molecule has 9 heavy (non-hydrogen) atoms. The zero-order valence-corrected chi connectivity index (χ0v) is 6.17. The van der Waals surface area contributed by atoms with E-state index < -0.39 is 7.82 Å². The Hall–Kier alpha value is 0.0300. The van der Waals surface area contributed by atoms with Crippen molar-refractivity contribution >= 4 is 7.82 Å². The van der Waals surface area contributed by atoms with E-state index in [2.05, 4.69) is 4.52 Å². The van der Waals surface area contributed by atoms with Gasteiger partial charge in [-0.1, -0.05) is 0 Å². The van der Waals surface area contributed by atoms with Gasteiger partial charge in [-0.05, 0) is 6.92 Å². The largest absolute Gasteiger partial charge is 0.469 e. The van der Waals surface area contributed by atoms with Crippen LogP contribution < -0.4 is 12.3 Å². The number of hydrogen-bond acceptors (Lipinski definition) is 4. The maximum Gasteiger partial charge on any atom is 0.469 e.